The van der Waals surface area contributed by atoms with Gasteiger partial charge in [-0.3, -0.25) is 9.59 Å². The molecule has 90 valence electrons. The molecule has 1 aromatic rings. The Morgan fingerprint density at radius 3 is 2.53 bits per heavy atom. The summed E-state index contributed by atoms with van der Waals surface area (Å²) in [6.07, 6.45) is 1.32. The summed E-state index contributed by atoms with van der Waals surface area (Å²) < 4.78 is 0. The maximum Gasteiger partial charge on any atom is 0.248 e. The Morgan fingerprint density at radius 1 is 1.35 bits per heavy atom. The molecule has 0 spiro atoms. The van der Waals surface area contributed by atoms with Gasteiger partial charge in [-0.05, 0) is 31.0 Å². The second-order valence-corrected chi connectivity index (χ2v) is 4.58. The smallest absolute Gasteiger partial charge is 0.248 e. The lowest BCUT2D eigenvalue weighted by Gasteiger charge is -2.12. The van der Waals surface area contributed by atoms with E-state index in [0.29, 0.717) is 23.6 Å². The summed E-state index contributed by atoms with van der Waals surface area (Å²) in [7, 11) is 0. The first-order chi connectivity index (χ1) is 7.92. The molecule has 2 amide bonds. The molecule has 5 nitrogen and oxygen atoms in total. The number of carbonyl (C=O) groups is 2. The molecule has 0 unspecified atom stereocenters. The first-order valence-corrected chi connectivity index (χ1v) is 5.50. The van der Waals surface area contributed by atoms with E-state index in [4.69, 9.17) is 23.1 Å². The highest BCUT2D eigenvalue weighted by Gasteiger charge is 2.46. The van der Waals surface area contributed by atoms with Gasteiger partial charge < -0.3 is 16.8 Å². The van der Waals surface area contributed by atoms with Gasteiger partial charge in [-0.1, -0.05) is 11.6 Å². The SMILES string of the molecule is NC(=O)c1ccc(Cl)c(NC(=O)C2(N)CC2)c1. The maximum absolute atomic E-state index is 11.7. The van der Waals surface area contributed by atoms with Crippen LogP contribution in [0.2, 0.25) is 5.02 Å². The molecule has 0 atom stereocenters. The lowest BCUT2D eigenvalue weighted by molar-refractivity contribution is -0.118. The molecular formula is C11H12ClN3O2. The molecule has 5 N–H and O–H groups in total. The number of nitrogens with one attached hydrogen (secondary N) is 1. The minimum atomic E-state index is -0.786. The van der Waals surface area contributed by atoms with Crippen LogP contribution >= 0.6 is 11.6 Å². The fourth-order valence-corrected chi connectivity index (χ4v) is 1.55. The van der Waals surface area contributed by atoms with Crippen LogP contribution in [0.3, 0.4) is 0 Å². The van der Waals surface area contributed by atoms with Crippen molar-refractivity contribution < 1.29 is 9.59 Å². The van der Waals surface area contributed by atoms with E-state index < -0.39 is 11.4 Å². The average molecular weight is 254 g/mol. The molecule has 2 rings (SSSR count). The summed E-state index contributed by atoms with van der Waals surface area (Å²) in [6.45, 7) is 0. The van der Waals surface area contributed by atoms with Crippen molar-refractivity contribution in [2.24, 2.45) is 11.5 Å². The molecule has 0 aromatic heterocycles. The normalized spacial score (nSPS) is 16.4. The van der Waals surface area contributed by atoms with Crippen molar-refractivity contribution in [2.45, 2.75) is 18.4 Å². The van der Waals surface area contributed by atoms with Gasteiger partial charge in [-0.15, -0.1) is 0 Å². The molecule has 1 fully saturated rings. The third-order valence-corrected chi connectivity index (χ3v) is 3.07. The third kappa shape index (κ3) is 2.40. The van der Waals surface area contributed by atoms with Crippen LogP contribution in [0.25, 0.3) is 0 Å². The number of rotatable bonds is 3. The van der Waals surface area contributed by atoms with Crippen LogP contribution < -0.4 is 16.8 Å². The summed E-state index contributed by atoms with van der Waals surface area (Å²) in [5.41, 5.74) is 10.7. The lowest BCUT2D eigenvalue weighted by Crippen LogP contribution is -2.37. The molecule has 1 saturated carbocycles. The molecule has 0 radical (unpaired) electrons. The van der Waals surface area contributed by atoms with E-state index in [1.54, 1.807) is 0 Å². The first kappa shape index (κ1) is 11.9. The van der Waals surface area contributed by atoms with Crippen LogP contribution in [0.1, 0.15) is 23.2 Å². The van der Waals surface area contributed by atoms with Crippen molar-refractivity contribution in [3.05, 3.63) is 28.8 Å². The Kier molecular flexibility index (Phi) is 2.81. The van der Waals surface area contributed by atoms with E-state index in [-0.39, 0.29) is 11.5 Å². The molecule has 6 heteroatoms. The highest BCUT2D eigenvalue weighted by Crippen LogP contribution is 2.34. The van der Waals surface area contributed by atoms with Gasteiger partial charge in [-0.25, -0.2) is 0 Å². The zero-order valence-electron chi connectivity index (χ0n) is 9.00. The summed E-state index contributed by atoms with van der Waals surface area (Å²) in [5.74, 6) is -0.868. The van der Waals surface area contributed by atoms with Gasteiger partial charge in [0.2, 0.25) is 11.8 Å². The highest BCUT2D eigenvalue weighted by atomic mass is 35.5. The molecule has 0 saturated heterocycles. The monoisotopic (exact) mass is 253 g/mol. The van der Waals surface area contributed by atoms with Crippen LogP contribution in [0, 0.1) is 0 Å². The van der Waals surface area contributed by atoms with Gasteiger partial charge in [0.15, 0.2) is 0 Å². The van der Waals surface area contributed by atoms with Crippen LogP contribution in [0.15, 0.2) is 18.2 Å². The topological polar surface area (TPSA) is 98.2 Å². The Morgan fingerprint density at radius 2 is 2.00 bits per heavy atom. The number of carbonyl (C=O) groups excluding carboxylic acids is 2. The fraction of sp³-hybridized carbons (Fsp3) is 0.273. The van der Waals surface area contributed by atoms with Crippen LogP contribution in [-0.2, 0) is 4.79 Å². The molecule has 0 bridgehead atoms. The Labute approximate surface area is 103 Å². The molecular weight excluding hydrogens is 242 g/mol. The predicted molar refractivity (Wildman–Crippen MR) is 64.8 cm³/mol. The minimum absolute atomic E-state index is 0.284. The summed E-state index contributed by atoms with van der Waals surface area (Å²) in [6, 6.07) is 4.44. The third-order valence-electron chi connectivity index (χ3n) is 2.74. The van der Waals surface area contributed by atoms with Crippen LogP contribution in [0.4, 0.5) is 5.69 Å². The van der Waals surface area contributed by atoms with E-state index in [1.807, 2.05) is 0 Å². The Bertz CT molecular complexity index is 497. The van der Waals surface area contributed by atoms with E-state index in [1.165, 1.54) is 18.2 Å². The van der Waals surface area contributed by atoms with Crippen LogP contribution in [-0.4, -0.2) is 17.4 Å². The number of hydrogen-bond acceptors (Lipinski definition) is 3. The number of primary amides is 1. The highest BCUT2D eigenvalue weighted by molar-refractivity contribution is 6.34. The Hall–Kier alpha value is -1.59. The van der Waals surface area contributed by atoms with Gasteiger partial charge in [0, 0.05) is 5.56 Å². The van der Waals surface area contributed by atoms with Crippen molar-refractivity contribution in [1.29, 1.82) is 0 Å². The predicted octanol–water partition coefficient (Wildman–Crippen LogP) is 0.869. The summed E-state index contributed by atoms with van der Waals surface area (Å²) in [5, 5.41) is 2.94. The molecule has 1 aliphatic carbocycles. The van der Waals surface area contributed by atoms with Gasteiger partial charge >= 0.3 is 0 Å². The molecule has 17 heavy (non-hydrogen) atoms. The standard InChI is InChI=1S/C11H12ClN3O2/c12-7-2-1-6(9(13)16)5-8(7)15-10(17)11(14)3-4-11/h1-2,5H,3-4,14H2,(H2,13,16)(H,15,17). The lowest BCUT2D eigenvalue weighted by atomic mass is 10.2. The van der Waals surface area contributed by atoms with Crippen molar-refractivity contribution >= 4 is 29.1 Å². The van der Waals surface area contributed by atoms with Gasteiger partial charge in [0.05, 0.1) is 16.2 Å². The van der Waals surface area contributed by atoms with E-state index in [2.05, 4.69) is 5.32 Å². The zero-order valence-corrected chi connectivity index (χ0v) is 9.75. The van der Waals surface area contributed by atoms with E-state index in [0.717, 1.165) is 0 Å². The van der Waals surface area contributed by atoms with Crippen molar-refractivity contribution in [2.75, 3.05) is 5.32 Å². The van der Waals surface area contributed by atoms with Gasteiger partial charge in [0.1, 0.15) is 0 Å². The molecule has 1 aliphatic rings. The van der Waals surface area contributed by atoms with E-state index >= 15 is 0 Å². The number of anilines is 1. The minimum Gasteiger partial charge on any atom is -0.366 e. The molecule has 0 aliphatic heterocycles. The zero-order chi connectivity index (χ0) is 12.6. The second-order valence-electron chi connectivity index (χ2n) is 4.17. The second kappa shape index (κ2) is 4.01. The van der Waals surface area contributed by atoms with Gasteiger partial charge in [0.25, 0.3) is 0 Å². The number of amides is 2. The number of hydrogen-bond donors (Lipinski definition) is 3. The van der Waals surface area contributed by atoms with E-state index in [9.17, 15) is 9.59 Å². The number of halogens is 1. The van der Waals surface area contributed by atoms with Crippen LogP contribution in [0.5, 0.6) is 0 Å². The number of benzene rings is 1. The summed E-state index contributed by atoms with van der Waals surface area (Å²) >= 11 is 5.91. The first-order valence-electron chi connectivity index (χ1n) is 5.12. The summed E-state index contributed by atoms with van der Waals surface area (Å²) in [4.78, 5) is 22.7. The maximum atomic E-state index is 11.7. The quantitative estimate of drug-likeness (QED) is 0.745. The van der Waals surface area contributed by atoms with Crippen molar-refractivity contribution in [3.8, 4) is 0 Å². The van der Waals surface area contributed by atoms with Gasteiger partial charge in [-0.2, -0.15) is 0 Å². The molecule has 1 aromatic carbocycles. The van der Waals surface area contributed by atoms with Crippen molar-refractivity contribution in [1.82, 2.24) is 0 Å². The average Bonchev–Trinajstić information content (AvgIpc) is 3.00. The fourth-order valence-electron chi connectivity index (χ4n) is 1.38. The molecule has 0 heterocycles. The van der Waals surface area contributed by atoms with Crippen molar-refractivity contribution in [3.63, 3.8) is 0 Å². The Balaban J connectivity index is 2.22. The number of nitrogens with two attached hydrogens (primary N) is 2. The largest absolute Gasteiger partial charge is 0.366 e.